The molecule has 0 bridgehead atoms. The number of anilines is 1. The van der Waals surface area contributed by atoms with Crippen molar-refractivity contribution in [1.82, 2.24) is 25.1 Å². The van der Waals surface area contributed by atoms with Crippen molar-refractivity contribution in [3.8, 4) is 0 Å². The van der Waals surface area contributed by atoms with Crippen molar-refractivity contribution >= 4 is 22.8 Å². The maximum atomic E-state index is 12.7. The quantitative estimate of drug-likeness (QED) is 0.505. The minimum absolute atomic E-state index is 0.0920. The summed E-state index contributed by atoms with van der Waals surface area (Å²) in [5.41, 5.74) is 2.16. The van der Waals surface area contributed by atoms with Crippen molar-refractivity contribution in [1.29, 1.82) is 0 Å². The molecule has 7 nitrogen and oxygen atoms in total. The molecule has 2 aromatic carbocycles. The third-order valence-corrected chi connectivity index (χ3v) is 5.78. The molecule has 1 aliphatic carbocycles. The number of fused-ring (bicyclic) bond motifs is 1. The Bertz CT molecular complexity index is 1050. The molecule has 2 N–H and O–H groups in total. The maximum Gasteiger partial charge on any atom is 0.317 e. The van der Waals surface area contributed by atoms with Crippen LogP contribution in [-0.4, -0.2) is 66.1 Å². The second-order valence-corrected chi connectivity index (χ2v) is 8.75. The van der Waals surface area contributed by atoms with Crippen molar-refractivity contribution in [2.24, 2.45) is 0 Å². The molecule has 1 fully saturated rings. The third-order valence-electron chi connectivity index (χ3n) is 5.78. The van der Waals surface area contributed by atoms with Crippen LogP contribution >= 0.6 is 0 Å². The molecule has 3 aromatic rings. The Kier molecular flexibility index (Phi) is 6.85. The fourth-order valence-electron chi connectivity index (χ4n) is 3.91. The van der Waals surface area contributed by atoms with Gasteiger partial charge in [0.25, 0.3) is 0 Å². The first-order valence-electron chi connectivity index (χ1n) is 11.2. The summed E-state index contributed by atoms with van der Waals surface area (Å²) in [7, 11) is 5.93. The van der Waals surface area contributed by atoms with Crippen LogP contribution in [0, 0.1) is 0 Å². The van der Waals surface area contributed by atoms with Gasteiger partial charge in [-0.3, -0.25) is 0 Å². The topological polar surface area (TPSA) is 73.4 Å². The second kappa shape index (κ2) is 9.96. The lowest BCUT2D eigenvalue weighted by molar-refractivity contribution is 0.205. The monoisotopic (exact) mass is 432 g/mol. The highest BCUT2D eigenvalue weighted by Crippen LogP contribution is 2.40. The average Bonchev–Trinajstić information content (AvgIpc) is 3.56. The minimum atomic E-state index is -0.0920. The summed E-state index contributed by atoms with van der Waals surface area (Å²) in [5, 5.41) is 7.59. The predicted octanol–water partition coefficient (Wildman–Crippen LogP) is 3.69. The molecule has 1 unspecified atom stereocenters. The van der Waals surface area contributed by atoms with Gasteiger partial charge in [-0.25, -0.2) is 14.8 Å². The highest BCUT2D eigenvalue weighted by molar-refractivity contribution is 5.89. The van der Waals surface area contributed by atoms with Gasteiger partial charge in [-0.1, -0.05) is 42.5 Å². The van der Waals surface area contributed by atoms with E-state index in [0.717, 1.165) is 42.7 Å². The molecule has 168 valence electrons. The fourth-order valence-corrected chi connectivity index (χ4v) is 3.91. The van der Waals surface area contributed by atoms with Crippen LogP contribution in [0.5, 0.6) is 0 Å². The van der Waals surface area contributed by atoms with Crippen molar-refractivity contribution in [3.05, 3.63) is 66.0 Å². The third kappa shape index (κ3) is 5.53. The second-order valence-electron chi connectivity index (χ2n) is 8.75. The molecule has 1 saturated carbocycles. The van der Waals surface area contributed by atoms with Crippen LogP contribution in [-0.2, 0) is 6.54 Å². The molecule has 1 heterocycles. The highest BCUT2D eigenvalue weighted by atomic mass is 16.2. The number of carbonyl (C=O) groups excluding carboxylic acids is 1. The summed E-state index contributed by atoms with van der Waals surface area (Å²) in [4.78, 5) is 26.0. The van der Waals surface area contributed by atoms with E-state index in [1.54, 1.807) is 11.9 Å². The van der Waals surface area contributed by atoms with Crippen LogP contribution in [0.25, 0.3) is 10.9 Å². The molecule has 0 saturated heterocycles. The summed E-state index contributed by atoms with van der Waals surface area (Å²) in [5.74, 6) is 1.86. The summed E-state index contributed by atoms with van der Waals surface area (Å²) in [6.07, 6.45) is 2.00. The van der Waals surface area contributed by atoms with Crippen molar-refractivity contribution in [2.75, 3.05) is 39.5 Å². The normalized spacial score (nSPS) is 17.4. The molecule has 32 heavy (non-hydrogen) atoms. The largest absolute Gasteiger partial charge is 0.369 e. The molecule has 4 rings (SSSR count). The zero-order valence-corrected chi connectivity index (χ0v) is 19.1. The Hall–Kier alpha value is -3.19. The number of benzene rings is 2. The van der Waals surface area contributed by atoms with E-state index in [2.05, 4.69) is 41.8 Å². The van der Waals surface area contributed by atoms with E-state index in [1.807, 2.05) is 42.5 Å². The van der Waals surface area contributed by atoms with Crippen LogP contribution in [0.2, 0.25) is 0 Å². The van der Waals surface area contributed by atoms with Gasteiger partial charge in [-0.2, -0.15) is 0 Å². The lowest BCUT2D eigenvalue weighted by Gasteiger charge is -2.18. The molecule has 0 spiro atoms. The molecule has 7 heteroatoms. The molecule has 1 aliphatic rings. The van der Waals surface area contributed by atoms with Gasteiger partial charge in [0.1, 0.15) is 5.82 Å². The van der Waals surface area contributed by atoms with E-state index in [0.29, 0.717) is 18.3 Å². The van der Waals surface area contributed by atoms with Gasteiger partial charge in [0.05, 0.1) is 12.1 Å². The molecule has 0 radical (unpaired) electrons. The predicted molar refractivity (Wildman–Crippen MR) is 129 cm³/mol. The van der Waals surface area contributed by atoms with E-state index in [1.165, 1.54) is 5.56 Å². The van der Waals surface area contributed by atoms with Crippen molar-refractivity contribution in [3.63, 3.8) is 0 Å². The van der Waals surface area contributed by atoms with Gasteiger partial charge >= 0.3 is 6.03 Å². The lowest BCUT2D eigenvalue weighted by atomic mass is 10.1. The molecular weight excluding hydrogens is 400 g/mol. The Morgan fingerprint density at radius 1 is 1.03 bits per heavy atom. The van der Waals surface area contributed by atoms with Gasteiger partial charge in [-0.05, 0) is 51.2 Å². The van der Waals surface area contributed by atoms with Gasteiger partial charge < -0.3 is 20.4 Å². The number of nitrogens with zero attached hydrogens (tertiary/aromatic N) is 4. The van der Waals surface area contributed by atoms with Gasteiger partial charge in [0.2, 0.25) is 0 Å². The molecule has 2 atom stereocenters. The summed E-state index contributed by atoms with van der Waals surface area (Å²) >= 11 is 0. The number of nitrogens with one attached hydrogen (secondary N) is 2. The van der Waals surface area contributed by atoms with Crippen LogP contribution in [0.4, 0.5) is 10.6 Å². The maximum absolute atomic E-state index is 12.7. The smallest absolute Gasteiger partial charge is 0.317 e. The highest BCUT2D eigenvalue weighted by Gasteiger charge is 2.39. The molecule has 2 amide bonds. The zero-order chi connectivity index (χ0) is 22.5. The van der Waals surface area contributed by atoms with Crippen LogP contribution in [0.3, 0.4) is 0 Å². The van der Waals surface area contributed by atoms with E-state index in [4.69, 9.17) is 9.97 Å². The first-order valence-corrected chi connectivity index (χ1v) is 11.2. The van der Waals surface area contributed by atoms with Crippen LogP contribution < -0.4 is 10.6 Å². The first kappa shape index (κ1) is 22.0. The standard InChI is InChI=1S/C25H32N6O/c1-30(2)15-9-14-26-24-19-12-7-8-13-21(19)27-23(29-24)17-31(3)25(32)28-22-16-20(22)18-10-5-4-6-11-18/h4-8,10-13,20,22H,9,14-17H2,1-3H3,(H,28,32)(H,26,27,29)/t20?,22-/m1/s1. The first-order chi connectivity index (χ1) is 15.5. The fraction of sp³-hybridized carbons (Fsp3) is 0.400. The number of aromatic nitrogens is 2. The Morgan fingerprint density at radius 2 is 1.78 bits per heavy atom. The number of amides is 2. The summed E-state index contributed by atoms with van der Waals surface area (Å²) < 4.78 is 0. The number of rotatable bonds is 9. The summed E-state index contributed by atoms with van der Waals surface area (Å²) in [6.45, 7) is 2.19. The molecule has 0 aliphatic heterocycles. The molecular formula is C25H32N6O. The van der Waals surface area contributed by atoms with Gasteiger partial charge in [0.15, 0.2) is 5.82 Å². The van der Waals surface area contributed by atoms with Crippen molar-refractivity contribution < 1.29 is 4.79 Å². The SMILES string of the molecule is CN(C)CCCNc1nc(CN(C)C(=O)N[C@@H]2CC2c2ccccc2)nc2ccccc12. The number of para-hydroxylation sites is 1. The van der Waals surface area contributed by atoms with E-state index >= 15 is 0 Å². The van der Waals surface area contributed by atoms with Gasteiger partial charge in [-0.15, -0.1) is 0 Å². The van der Waals surface area contributed by atoms with Crippen LogP contribution in [0.15, 0.2) is 54.6 Å². The van der Waals surface area contributed by atoms with Gasteiger partial charge in [0, 0.05) is 30.9 Å². The number of hydrogen-bond acceptors (Lipinski definition) is 5. The molecule has 1 aromatic heterocycles. The van der Waals surface area contributed by atoms with Crippen LogP contribution in [0.1, 0.15) is 30.1 Å². The minimum Gasteiger partial charge on any atom is -0.369 e. The summed E-state index contributed by atoms with van der Waals surface area (Å²) in [6, 6.07) is 18.4. The van der Waals surface area contributed by atoms with E-state index in [-0.39, 0.29) is 12.1 Å². The number of hydrogen-bond donors (Lipinski definition) is 2. The van der Waals surface area contributed by atoms with E-state index in [9.17, 15) is 4.79 Å². The number of urea groups is 1. The zero-order valence-electron chi connectivity index (χ0n) is 19.1. The Balaban J connectivity index is 1.39. The Morgan fingerprint density at radius 3 is 2.56 bits per heavy atom. The van der Waals surface area contributed by atoms with Crippen molar-refractivity contribution in [2.45, 2.75) is 31.3 Å². The average molecular weight is 433 g/mol. The number of carbonyl (C=O) groups is 1. The van der Waals surface area contributed by atoms with E-state index < -0.39 is 0 Å². The Labute approximate surface area is 189 Å². The lowest BCUT2D eigenvalue weighted by Crippen LogP contribution is -2.38.